The minimum atomic E-state index is -0.255. The Morgan fingerprint density at radius 2 is 1.81 bits per heavy atom. The number of aryl methyl sites for hydroxylation is 1. The van der Waals surface area contributed by atoms with Gasteiger partial charge in [-0.05, 0) is 63.4 Å². The fourth-order valence-corrected chi connectivity index (χ4v) is 4.26. The molecule has 2 fully saturated rings. The summed E-state index contributed by atoms with van der Waals surface area (Å²) in [5, 5.41) is 3.62. The number of rotatable bonds is 2. The molecule has 2 aliphatic heterocycles. The highest BCUT2D eigenvalue weighted by Gasteiger charge is 2.32. The van der Waals surface area contributed by atoms with Gasteiger partial charge in [-0.2, -0.15) is 0 Å². The molecule has 4 rings (SSSR count). The Morgan fingerprint density at radius 1 is 1.12 bits per heavy atom. The smallest absolute Gasteiger partial charge is 0.255 e. The van der Waals surface area contributed by atoms with E-state index in [1.165, 1.54) is 18.6 Å². The first-order valence-corrected chi connectivity index (χ1v) is 9.03. The van der Waals surface area contributed by atoms with Crippen molar-refractivity contribution in [2.24, 2.45) is 0 Å². The maximum Gasteiger partial charge on any atom is 0.255 e. The molecule has 2 atom stereocenters. The van der Waals surface area contributed by atoms with Crippen molar-refractivity contribution < 1.29 is 9.18 Å². The third-order valence-electron chi connectivity index (χ3n) is 5.56. The SMILES string of the molecule is Cc1cc(C(=O)N2CCC3CCC(C2)N3)c(C)n1-c1ccc(F)cc1.Cl. The Labute approximate surface area is 159 Å². The highest BCUT2D eigenvalue weighted by Crippen LogP contribution is 2.25. The normalized spacial score (nSPS) is 22.0. The summed E-state index contributed by atoms with van der Waals surface area (Å²) in [4.78, 5) is 15.1. The van der Waals surface area contributed by atoms with Crippen LogP contribution in [0.1, 0.15) is 41.0 Å². The lowest BCUT2D eigenvalue weighted by molar-refractivity contribution is 0.0747. The molecule has 2 bridgehead atoms. The average Bonchev–Trinajstić information content (AvgIpc) is 3.07. The molecule has 0 saturated carbocycles. The summed E-state index contributed by atoms with van der Waals surface area (Å²) in [5.74, 6) is -0.148. The minimum Gasteiger partial charge on any atom is -0.337 e. The number of fused-ring (bicyclic) bond motifs is 2. The Balaban J connectivity index is 0.00000196. The lowest BCUT2D eigenvalue weighted by Crippen LogP contribution is -2.39. The number of nitrogens with zero attached hydrogens (tertiary/aromatic N) is 2. The van der Waals surface area contributed by atoms with Crippen LogP contribution in [0.3, 0.4) is 0 Å². The molecule has 1 amide bonds. The van der Waals surface area contributed by atoms with Gasteiger partial charge in [0.05, 0.1) is 5.56 Å². The summed E-state index contributed by atoms with van der Waals surface area (Å²) in [7, 11) is 0. The Hall–Kier alpha value is -1.85. The molecule has 1 aromatic heterocycles. The Bertz CT molecular complexity index is 802. The van der Waals surface area contributed by atoms with Crippen molar-refractivity contribution in [3.63, 3.8) is 0 Å². The minimum absolute atomic E-state index is 0. The van der Waals surface area contributed by atoms with Gasteiger partial charge in [0.2, 0.25) is 0 Å². The van der Waals surface area contributed by atoms with E-state index in [2.05, 4.69) is 5.32 Å². The van der Waals surface area contributed by atoms with Gasteiger partial charge in [-0.1, -0.05) is 0 Å². The van der Waals surface area contributed by atoms with Gasteiger partial charge in [-0.15, -0.1) is 12.4 Å². The number of halogens is 2. The quantitative estimate of drug-likeness (QED) is 0.867. The zero-order chi connectivity index (χ0) is 17.6. The van der Waals surface area contributed by atoms with Gasteiger partial charge in [-0.3, -0.25) is 4.79 Å². The van der Waals surface area contributed by atoms with Crippen molar-refractivity contribution in [2.75, 3.05) is 13.1 Å². The number of aromatic nitrogens is 1. The summed E-state index contributed by atoms with van der Waals surface area (Å²) in [6, 6.07) is 9.35. The van der Waals surface area contributed by atoms with Gasteiger partial charge in [0.25, 0.3) is 5.91 Å². The maximum absolute atomic E-state index is 13.2. The molecule has 2 saturated heterocycles. The lowest BCUT2D eigenvalue weighted by atomic mass is 10.1. The number of hydrogen-bond donors (Lipinski definition) is 1. The standard InChI is InChI=1S/C20H24FN3O.ClH/c1-13-11-19(14(2)24(13)18-7-3-15(21)4-8-18)20(25)23-10-9-16-5-6-17(12-23)22-16;/h3-4,7-8,11,16-17,22H,5-6,9-10,12H2,1-2H3;1H. The van der Waals surface area contributed by atoms with Gasteiger partial charge in [0.1, 0.15) is 5.82 Å². The van der Waals surface area contributed by atoms with Crippen LogP contribution in [0.15, 0.2) is 30.3 Å². The Morgan fingerprint density at radius 3 is 2.54 bits per heavy atom. The topological polar surface area (TPSA) is 37.3 Å². The van der Waals surface area contributed by atoms with E-state index in [9.17, 15) is 9.18 Å². The summed E-state index contributed by atoms with van der Waals surface area (Å²) in [6.45, 7) is 5.55. The highest BCUT2D eigenvalue weighted by molar-refractivity contribution is 5.96. The van der Waals surface area contributed by atoms with Crippen molar-refractivity contribution >= 4 is 18.3 Å². The van der Waals surface area contributed by atoms with Gasteiger partial charge in [-0.25, -0.2) is 4.39 Å². The van der Waals surface area contributed by atoms with E-state index in [-0.39, 0.29) is 24.1 Å². The molecule has 0 radical (unpaired) electrons. The van der Waals surface area contributed by atoms with Crippen molar-refractivity contribution in [3.8, 4) is 5.69 Å². The largest absolute Gasteiger partial charge is 0.337 e. The van der Waals surface area contributed by atoms with Crippen LogP contribution in [0.5, 0.6) is 0 Å². The molecule has 4 nitrogen and oxygen atoms in total. The van der Waals surface area contributed by atoms with E-state index < -0.39 is 0 Å². The number of hydrogen-bond acceptors (Lipinski definition) is 2. The molecule has 2 aromatic rings. The monoisotopic (exact) mass is 377 g/mol. The molecular formula is C20H25ClFN3O. The summed E-state index contributed by atoms with van der Waals surface area (Å²) in [6.07, 6.45) is 3.41. The molecule has 2 aliphatic rings. The molecular weight excluding hydrogens is 353 g/mol. The van der Waals surface area contributed by atoms with Crippen molar-refractivity contribution in [1.29, 1.82) is 0 Å². The molecule has 3 heterocycles. The van der Waals surface area contributed by atoms with Crippen LogP contribution in [0.2, 0.25) is 0 Å². The van der Waals surface area contributed by atoms with E-state index in [1.807, 2.05) is 29.4 Å². The predicted octanol–water partition coefficient (Wildman–Crippen LogP) is 3.62. The predicted molar refractivity (Wildman–Crippen MR) is 103 cm³/mol. The number of likely N-dealkylation sites (tertiary alicyclic amines) is 1. The van der Waals surface area contributed by atoms with Crippen molar-refractivity contribution in [3.05, 3.63) is 53.1 Å². The fraction of sp³-hybridized carbons (Fsp3) is 0.450. The second kappa shape index (κ2) is 7.41. The summed E-state index contributed by atoms with van der Waals surface area (Å²) >= 11 is 0. The second-order valence-electron chi connectivity index (χ2n) is 7.27. The lowest BCUT2D eigenvalue weighted by Gasteiger charge is -2.24. The van der Waals surface area contributed by atoms with Crippen LogP contribution in [0.4, 0.5) is 4.39 Å². The van der Waals surface area contributed by atoms with Gasteiger partial charge < -0.3 is 14.8 Å². The van der Waals surface area contributed by atoms with Crippen molar-refractivity contribution in [1.82, 2.24) is 14.8 Å². The molecule has 0 spiro atoms. The molecule has 0 aliphatic carbocycles. The maximum atomic E-state index is 13.2. The van der Waals surface area contributed by atoms with Crippen LogP contribution < -0.4 is 5.32 Å². The number of benzene rings is 1. The van der Waals surface area contributed by atoms with Crippen LogP contribution in [0.25, 0.3) is 5.69 Å². The number of amides is 1. The molecule has 140 valence electrons. The van der Waals surface area contributed by atoms with Gasteiger partial charge in [0.15, 0.2) is 0 Å². The van der Waals surface area contributed by atoms with Crippen molar-refractivity contribution in [2.45, 2.75) is 45.2 Å². The first-order valence-electron chi connectivity index (χ1n) is 9.03. The number of carbonyl (C=O) groups excluding carboxylic acids is 1. The van der Waals surface area contributed by atoms with E-state index in [1.54, 1.807) is 12.1 Å². The van der Waals surface area contributed by atoms with E-state index >= 15 is 0 Å². The van der Waals surface area contributed by atoms with Crippen LogP contribution in [-0.4, -0.2) is 40.5 Å². The van der Waals surface area contributed by atoms with Gasteiger partial charge in [0, 0.05) is 42.2 Å². The number of carbonyl (C=O) groups is 1. The zero-order valence-electron chi connectivity index (χ0n) is 15.2. The van der Waals surface area contributed by atoms with Crippen LogP contribution >= 0.6 is 12.4 Å². The third-order valence-corrected chi connectivity index (χ3v) is 5.56. The molecule has 6 heteroatoms. The molecule has 1 aromatic carbocycles. The fourth-order valence-electron chi connectivity index (χ4n) is 4.26. The second-order valence-corrected chi connectivity index (χ2v) is 7.27. The van der Waals surface area contributed by atoms with Crippen LogP contribution in [0, 0.1) is 19.7 Å². The molecule has 26 heavy (non-hydrogen) atoms. The number of nitrogens with one attached hydrogen (secondary N) is 1. The van der Waals surface area contributed by atoms with E-state index in [0.717, 1.165) is 48.6 Å². The first-order chi connectivity index (χ1) is 12.0. The van der Waals surface area contributed by atoms with E-state index in [0.29, 0.717) is 12.1 Å². The summed E-state index contributed by atoms with van der Waals surface area (Å²) in [5.41, 5.74) is 3.53. The van der Waals surface area contributed by atoms with Gasteiger partial charge >= 0.3 is 0 Å². The zero-order valence-corrected chi connectivity index (χ0v) is 16.0. The highest BCUT2D eigenvalue weighted by atomic mass is 35.5. The van der Waals surface area contributed by atoms with Crippen LogP contribution in [-0.2, 0) is 0 Å². The summed E-state index contributed by atoms with van der Waals surface area (Å²) < 4.78 is 15.2. The average molecular weight is 378 g/mol. The molecule has 1 N–H and O–H groups in total. The van der Waals surface area contributed by atoms with E-state index in [4.69, 9.17) is 0 Å². The third kappa shape index (κ3) is 3.38. The Kier molecular flexibility index (Phi) is 5.39. The molecule has 2 unspecified atom stereocenters. The first kappa shape index (κ1) is 18.9.